The molecule has 1 aromatic rings. The van der Waals surface area contributed by atoms with Crippen LogP contribution in [-0.4, -0.2) is 29.1 Å². The summed E-state index contributed by atoms with van der Waals surface area (Å²) in [5.41, 5.74) is 0.448. The molecule has 0 saturated carbocycles. The fourth-order valence-electron chi connectivity index (χ4n) is 1.48. The Morgan fingerprint density at radius 2 is 2.11 bits per heavy atom. The molecule has 1 aromatic carbocycles. The lowest BCUT2D eigenvalue weighted by Gasteiger charge is -2.11. The van der Waals surface area contributed by atoms with Crippen molar-refractivity contribution in [2.45, 2.75) is 18.7 Å². The van der Waals surface area contributed by atoms with Gasteiger partial charge in [0.05, 0.1) is 15.7 Å². The van der Waals surface area contributed by atoms with Crippen molar-refractivity contribution in [3.05, 3.63) is 23.8 Å². The first-order valence-corrected chi connectivity index (χ1v) is 7.11. The predicted octanol–water partition coefficient (Wildman–Crippen LogP) is 1.84. The molecule has 4 nitrogen and oxygen atoms in total. The number of rotatable bonds is 6. The summed E-state index contributed by atoms with van der Waals surface area (Å²) in [6, 6.07) is 4.75. The maximum absolute atomic E-state index is 12.0. The van der Waals surface area contributed by atoms with E-state index in [1.54, 1.807) is 32.0 Å². The Hall–Kier alpha value is -1.49. The zero-order chi connectivity index (χ0) is 13.7. The van der Waals surface area contributed by atoms with Crippen molar-refractivity contribution in [3.63, 3.8) is 0 Å². The molecule has 0 aliphatic heterocycles. The van der Waals surface area contributed by atoms with E-state index in [0.717, 1.165) is 0 Å². The summed E-state index contributed by atoms with van der Waals surface area (Å²) < 4.78 is 16.8. The number of carbonyl (C=O) groups excluding carboxylic acids is 2. The third kappa shape index (κ3) is 3.50. The lowest BCUT2D eigenvalue weighted by molar-refractivity contribution is -0.109. The van der Waals surface area contributed by atoms with Crippen molar-refractivity contribution in [1.82, 2.24) is 0 Å². The van der Waals surface area contributed by atoms with Gasteiger partial charge in [0, 0.05) is 17.7 Å². The van der Waals surface area contributed by atoms with Crippen LogP contribution in [0.25, 0.3) is 0 Å². The smallest absolute Gasteiger partial charge is 0.166 e. The van der Waals surface area contributed by atoms with Crippen molar-refractivity contribution in [1.29, 1.82) is 0 Å². The lowest BCUT2D eigenvalue weighted by Crippen LogP contribution is -2.11. The number of hydrogen-bond acceptors (Lipinski definition) is 4. The van der Waals surface area contributed by atoms with Crippen LogP contribution in [0.1, 0.15) is 24.2 Å². The molecule has 0 saturated heterocycles. The summed E-state index contributed by atoms with van der Waals surface area (Å²) in [7, 11) is -1.28. The quantitative estimate of drug-likeness (QED) is 0.583. The van der Waals surface area contributed by atoms with Crippen molar-refractivity contribution < 1.29 is 18.5 Å². The highest BCUT2D eigenvalue weighted by molar-refractivity contribution is 7.84. The SMILES string of the molecule is CC(C)C(=O)c1ccc(OCC=O)cc1S(C)=O. The summed E-state index contributed by atoms with van der Waals surface area (Å²) in [6.07, 6.45) is 2.14. The number of Topliss-reactive ketones (excluding diaryl/α,β-unsaturated/α-hetero) is 1. The standard InChI is InChI=1S/C13H16O4S/c1-9(2)13(15)11-5-4-10(17-7-6-14)8-12(11)18(3)16/h4-6,8-9H,7H2,1-3H3. The van der Waals surface area contributed by atoms with E-state index in [0.29, 0.717) is 22.5 Å². The molecule has 0 heterocycles. The molecule has 0 aliphatic rings. The first kappa shape index (κ1) is 14.6. The van der Waals surface area contributed by atoms with E-state index >= 15 is 0 Å². The number of benzene rings is 1. The summed E-state index contributed by atoms with van der Waals surface area (Å²) >= 11 is 0. The molecule has 0 N–H and O–H groups in total. The summed E-state index contributed by atoms with van der Waals surface area (Å²) in [4.78, 5) is 22.6. The summed E-state index contributed by atoms with van der Waals surface area (Å²) in [6.45, 7) is 3.52. The molecule has 0 bridgehead atoms. The Kier molecular flexibility index (Phi) is 5.22. The number of hydrogen-bond donors (Lipinski definition) is 0. The van der Waals surface area contributed by atoms with Crippen LogP contribution in [0.5, 0.6) is 5.75 Å². The van der Waals surface area contributed by atoms with Gasteiger partial charge in [-0.15, -0.1) is 0 Å². The Morgan fingerprint density at radius 3 is 2.61 bits per heavy atom. The van der Waals surface area contributed by atoms with Crippen LogP contribution in [0.2, 0.25) is 0 Å². The molecule has 18 heavy (non-hydrogen) atoms. The molecular formula is C13H16O4S. The third-order valence-corrected chi connectivity index (χ3v) is 3.33. The number of carbonyl (C=O) groups is 2. The van der Waals surface area contributed by atoms with Gasteiger partial charge in [0.2, 0.25) is 0 Å². The second-order valence-electron chi connectivity index (χ2n) is 4.11. The molecule has 0 aromatic heterocycles. The van der Waals surface area contributed by atoms with Gasteiger partial charge in [0.1, 0.15) is 12.4 Å². The van der Waals surface area contributed by atoms with Gasteiger partial charge < -0.3 is 4.74 Å². The number of ketones is 1. The van der Waals surface area contributed by atoms with Crippen molar-refractivity contribution in [2.75, 3.05) is 12.9 Å². The first-order valence-electron chi connectivity index (χ1n) is 5.55. The van der Waals surface area contributed by atoms with Crippen LogP contribution in [0.4, 0.5) is 0 Å². The van der Waals surface area contributed by atoms with Gasteiger partial charge in [-0.1, -0.05) is 13.8 Å². The highest BCUT2D eigenvalue weighted by Gasteiger charge is 2.17. The van der Waals surface area contributed by atoms with E-state index in [9.17, 15) is 13.8 Å². The minimum atomic E-state index is -1.28. The number of ether oxygens (including phenoxy) is 1. The summed E-state index contributed by atoms with van der Waals surface area (Å²) in [5.74, 6) is 0.226. The Balaban J connectivity index is 3.16. The van der Waals surface area contributed by atoms with E-state index in [1.165, 1.54) is 6.26 Å². The normalized spacial score (nSPS) is 12.2. The van der Waals surface area contributed by atoms with Crippen molar-refractivity contribution in [3.8, 4) is 5.75 Å². The Bertz CT molecular complexity index is 480. The predicted molar refractivity (Wildman–Crippen MR) is 69.5 cm³/mol. The third-order valence-electron chi connectivity index (χ3n) is 2.37. The van der Waals surface area contributed by atoms with Crippen LogP contribution < -0.4 is 4.74 Å². The largest absolute Gasteiger partial charge is 0.486 e. The highest BCUT2D eigenvalue weighted by Crippen LogP contribution is 2.23. The van der Waals surface area contributed by atoms with Gasteiger partial charge >= 0.3 is 0 Å². The molecule has 1 rings (SSSR count). The Labute approximate surface area is 109 Å². The molecule has 98 valence electrons. The summed E-state index contributed by atoms with van der Waals surface area (Å²) in [5, 5.41) is 0. The molecule has 0 radical (unpaired) electrons. The van der Waals surface area contributed by atoms with Crippen molar-refractivity contribution >= 4 is 22.9 Å². The molecule has 0 amide bonds. The molecule has 0 aliphatic carbocycles. The molecule has 5 heteroatoms. The number of aldehydes is 1. The monoisotopic (exact) mass is 268 g/mol. The zero-order valence-electron chi connectivity index (χ0n) is 10.6. The van der Waals surface area contributed by atoms with E-state index in [-0.39, 0.29) is 18.3 Å². The second kappa shape index (κ2) is 6.44. The maximum Gasteiger partial charge on any atom is 0.166 e. The van der Waals surface area contributed by atoms with E-state index in [4.69, 9.17) is 4.74 Å². The van der Waals surface area contributed by atoms with E-state index in [2.05, 4.69) is 0 Å². The average molecular weight is 268 g/mol. The van der Waals surface area contributed by atoms with Gasteiger partial charge in [0.25, 0.3) is 0 Å². The topological polar surface area (TPSA) is 60.4 Å². The van der Waals surface area contributed by atoms with Crippen molar-refractivity contribution in [2.24, 2.45) is 5.92 Å². The average Bonchev–Trinajstić information content (AvgIpc) is 2.34. The Morgan fingerprint density at radius 1 is 1.44 bits per heavy atom. The molecule has 1 unspecified atom stereocenters. The molecule has 0 fully saturated rings. The van der Waals surface area contributed by atoms with E-state index in [1.807, 2.05) is 0 Å². The second-order valence-corrected chi connectivity index (χ2v) is 5.46. The fourth-order valence-corrected chi connectivity index (χ4v) is 2.24. The molecule has 1 atom stereocenters. The molecular weight excluding hydrogens is 252 g/mol. The minimum Gasteiger partial charge on any atom is -0.486 e. The fraction of sp³-hybridized carbons (Fsp3) is 0.385. The van der Waals surface area contributed by atoms with Crippen LogP contribution in [0.15, 0.2) is 23.1 Å². The van der Waals surface area contributed by atoms with Crippen LogP contribution in [-0.2, 0) is 15.6 Å². The van der Waals surface area contributed by atoms with Crippen LogP contribution >= 0.6 is 0 Å². The van der Waals surface area contributed by atoms with Gasteiger partial charge in [0.15, 0.2) is 12.1 Å². The zero-order valence-corrected chi connectivity index (χ0v) is 11.5. The van der Waals surface area contributed by atoms with Gasteiger partial charge in [-0.2, -0.15) is 0 Å². The van der Waals surface area contributed by atoms with Crippen LogP contribution in [0.3, 0.4) is 0 Å². The lowest BCUT2D eigenvalue weighted by atomic mass is 10.0. The van der Waals surface area contributed by atoms with Crippen LogP contribution in [0, 0.1) is 5.92 Å². The van der Waals surface area contributed by atoms with E-state index < -0.39 is 10.8 Å². The first-order chi connectivity index (χ1) is 8.47. The highest BCUT2D eigenvalue weighted by atomic mass is 32.2. The maximum atomic E-state index is 12.0. The minimum absolute atomic E-state index is 0.0536. The molecule has 0 spiro atoms. The van der Waals surface area contributed by atoms with Gasteiger partial charge in [-0.25, -0.2) is 0 Å². The van der Waals surface area contributed by atoms with Gasteiger partial charge in [-0.3, -0.25) is 13.8 Å². The van der Waals surface area contributed by atoms with Gasteiger partial charge in [-0.05, 0) is 18.2 Å².